The summed E-state index contributed by atoms with van der Waals surface area (Å²) >= 11 is 8.37. The van der Waals surface area contributed by atoms with Crippen LogP contribution in [0.1, 0.15) is 22.8 Å². The maximum absolute atomic E-state index is 12.7. The van der Waals surface area contributed by atoms with Crippen molar-refractivity contribution in [3.05, 3.63) is 43.3 Å². The zero-order valence-electron chi connectivity index (χ0n) is 12.0. The van der Waals surface area contributed by atoms with Gasteiger partial charge in [-0.2, -0.15) is 0 Å². The van der Waals surface area contributed by atoms with Crippen molar-refractivity contribution in [2.45, 2.75) is 17.4 Å². The van der Waals surface area contributed by atoms with Crippen LogP contribution in [0.25, 0.3) is 0 Å². The number of carbonyl (C=O) groups is 2. The van der Waals surface area contributed by atoms with Gasteiger partial charge in [0, 0.05) is 27.1 Å². The number of carboxylic acids is 1. The predicted molar refractivity (Wildman–Crippen MR) is 89.3 cm³/mol. The molecule has 2 aliphatic rings. The summed E-state index contributed by atoms with van der Waals surface area (Å²) in [4.78, 5) is 39.2. The third kappa shape index (κ3) is 2.21. The molecule has 1 aromatic heterocycles. The van der Waals surface area contributed by atoms with E-state index in [1.54, 1.807) is 18.2 Å². The van der Waals surface area contributed by atoms with E-state index in [9.17, 15) is 19.5 Å². The monoisotopic (exact) mass is 383 g/mol. The van der Waals surface area contributed by atoms with Crippen LogP contribution in [0.2, 0.25) is 5.02 Å². The molecule has 24 heavy (non-hydrogen) atoms. The number of thiazole rings is 1. The Morgan fingerprint density at radius 1 is 1.46 bits per heavy atom. The molecule has 0 amide bonds. The molecular weight excluding hydrogens is 374 g/mol. The van der Waals surface area contributed by atoms with Gasteiger partial charge in [0.1, 0.15) is 11.2 Å². The van der Waals surface area contributed by atoms with Gasteiger partial charge >= 0.3 is 16.8 Å². The number of carbonyl (C=O) groups excluding carboxylic acids is 1. The van der Waals surface area contributed by atoms with E-state index in [-0.39, 0.29) is 17.0 Å². The summed E-state index contributed by atoms with van der Waals surface area (Å²) in [6, 6.07) is 4.88. The number of aromatic nitrogens is 1. The van der Waals surface area contributed by atoms with Gasteiger partial charge in [-0.1, -0.05) is 22.9 Å². The maximum atomic E-state index is 12.7. The number of thioether (sulfide) groups is 1. The largest absolute Gasteiger partial charge is 0.481 e. The summed E-state index contributed by atoms with van der Waals surface area (Å²) in [5, 5.41) is 10.5. The molecule has 1 aromatic carbocycles. The van der Waals surface area contributed by atoms with Gasteiger partial charge in [0.05, 0.1) is 11.4 Å². The number of aliphatic carboxylic acids is 1. The Labute approximate surface area is 148 Å². The highest BCUT2D eigenvalue weighted by Gasteiger charge is 2.57. The van der Waals surface area contributed by atoms with E-state index in [1.807, 2.05) is 0 Å². The normalized spacial score (nSPS) is 24.5. The lowest BCUT2D eigenvalue weighted by atomic mass is 9.68. The van der Waals surface area contributed by atoms with Crippen LogP contribution in [0.15, 0.2) is 28.0 Å². The summed E-state index contributed by atoms with van der Waals surface area (Å²) in [6.45, 7) is 0. The number of fused-ring (bicyclic) bond motifs is 5. The van der Waals surface area contributed by atoms with Crippen molar-refractivity contribution in [1.29, 1.82) is 0 Å². The average Bonchev–Trinajstić information content (AvgIpc) is 2.88. The molecular formula is C15H10ClNO5S2. The van der Waals surface area contributed by atoms with Gasteiger partial charge in [-0.3, -0.25) is 14.4 Å². The van der Waals surface area contributed by atoms with Crippen LogP contribution in [-0.2, 0) is 9.59 Å². The lowest BCUT2D eigenvalue weighted by Gasteiger charge is -2.43. The standard InChI is InChI=1S/C15H10ClNO5S2/c16-6-1-2-8-7(3-6)10-11-12(17-14(21)24-11)23-5-15(10,4-9(18)19)13(20)22-8/h1-3,10H,4-5H2,(H,17,21)(H,18,19)/t10-,15-/m1/s1. The Balaban J connectivity index is 2.01. The highest BCUT2D eigenvalue weighted by Crippen LogP contribution is 2.58. The molecule has 9 heteroatoms. The van der Waals surface area contributed by atoms with Gasteiger partial charge in [0.15, 0.2) is 0 Å². The SMILES string of the molecule is O=C(O)C[C@@]12CSc3[nH]c(=O)sc3[C@H]1c1cc(Cl)ccc1OC2=O. The minimum absolute atomic E-state index is 0.217. The number of carboxylic acid groups (broad SMARTS) is 1. The van der Waals surface area contributed by atoms with Crippen LogP contribution < -0.4 is 9.61 Å². The van der Waals surface area contributed by atoms with Gasteiger partial charge in [0.2, 0.25) is 0 Å². The van der Waals surface area contributed by atoms with Crippen molar-refractivity contribution in [1.82, 2.24) is 4.98 Å². The average molecular weight is 384 g/mol. The number of rotatable bonds is 2. The van der Waals surface area contributed by atoms with Crippen molar-refractivity contribution >= 4 is 46.6 Å². The van der Waals surface area contributed by atoms with E-state index in [1.165, 1.54) is 11.8 Å². The van der Waals surface area contributed by atoms with E-state index in [2.05, 4.69) is 4.98 Å². The Morgan fingerprint density at radius 2 is 2.25 bits per heavy atom. The first kappa shape index (κ1) is 15.7. The number of esters is 1. The second kappa shape index (κ2) is 5.37. The van der Waals surface area contributed by atoms with E-state index in [0.29, 0.717) is 26.2 Å². The van der Waals surface area contributed by atoms with Gasteiger partial charge < -0.3 is 14.8 Å². The van der Waals surface area contributed by atoms with Gasteiger partial charge in [-0.25, -0.2) is 0 Å². The minimum atomic E-state index is -1.26. The number of benzene rings is 1. The fraction of sp³-hybridized carbons (Fsp3) is 0.267. The summed E-state index contributed by atoms with van der Waals surface area (Å²) in [7, 11) is 0. The van der Waals surface area contributed by atoms with E-state index in [4.69, 9.17) is 16.3 Å². The third-order valence-electron chi connectivity index (χ3n) is 4.29. The molecule has 124 valence electrons. The lowest BCUT2D eigenvalue weighted by molar-refractivity contribution is -0.154. The fourth-order valence-corrected chi connectivity index (χ4v) is 6.04. The first-order chi connectivity index (χ1) is 11.4. The van der Waals surface area contributed by atoms with Crippen LogP contribution in [0, 0.1) is 5.41 Å². The van der Waals surface area contributed by atoms with Gasteiger partial charge in [-0.15, -0.1) is 11.8 Å². The Bertz CT molecular complexity index is 936. The van der Waals surface area contributed by atoms with Crippen molar-refractivity contribution < 1.29 is 19.4 Å². The van der Waals surface area contributed by atoms with Crippen molar-refractivity contribution in [3.8, 4) is 5.75 Å². The van der Waals surface area contributed by atoms with E-state index >= 15 is 0 Å². The Hall–Kier alpha value is -1.77. The summed E-state index contributed by atoms with van der Waals surface area (Å²) in [5.74, 6) is -1.66. The lowest BCUT2D eigenvalue weighted by Crippen LogP contribution is -2.48. The topological polar surface area (TPSA) is 96.5 Å². The van der Waals surface area contributed by atoms with E-state index < -0.39 is 23.3 Å². The second-order valence-electron chi connectivity index (χ2n) is 5.73. The summed E-state index contributed by atoms with van der Waals surface area (Å²) in [6.07, 6.45) is -0.374. The molecule has 0 saturated heterocycles. The number of H-pyrrole nitrogens is 1. The second-order valence-corrected chi connectivity index (χ2v) is 8.16. The molecule has 0 bridgehead atoms. The molecule has 6 nitrogen and oxygen atoms in total. The molecule has 0 fully saturated rings. The molecule has 0 saturated carbocycles. The quantitative estimate of drug-likeness (QED) is 0.611. The number of hydrogen-bond acceptors (Lipinski definition) is 6. The maximum Gasteiger partial charge on any atom is 0.319 e. The van der Waals surface area contributed by atoms with Crippen LogP contribution in [0.3, 0.4) is 0 Å². The molecule has 2 N–H and O–H groups in total. The highest BCUT2D eigenvalue weighted by molar-refractivity contribution is 7.99. The molecule has 4 rings (SSSR count). The van der Waals surface area contributed by atoms with Gasteiger partial charge in [0.25, 0.3) is 0 Å². The minimum Gasteiger partial charge on any atom is -0.481 e. The zero-order chi connectivity index (χ0) is 17.1. The molecule has 2 aliphatic heterocycles. The van der Waals surface area contributed by atoms with Crippen LogP contribution in [0.4, 0.5) is 0 Å². The molecule has 2 atom stereocenters. The van der Waals surface area contributed by atoms with Crippen LogP contribution in [0.5, 0.6) is 5.75 Å². The Morgan fingerprint density at radius 3 is 3.00 bits per heavy atom. The number of aromatic amines is 1. The fourth-order valence-electron chi connectivity index (χ4n) is 3.31. The van der Waals surface area contributed by atoms with Crippen molar-refractivity contribution in [2.75, 3.05) is 5.75 Å². The number of hydrogen-bond donors (Lipinski definition) is 2. The molecule has 0 spiro atoms. The summed E-state index contributed by atoms with van der Waals surface area (Å²) in [5.41, 5.74) is -0.619. The number of nitrogens with one attached hydrogen (secondary N) is 1. The zero-order valence-corrected chi connectivity index (χ0v) is 14.4. The Kier molecular flexibility index (Phi) is 3.52. The number of ether oxygens (including phenoxy) is 1. The van der Waals surface area contributed by atoms with Gasteiger partial charge in [-0.05, 0) is 18.2 Å². The molecule has 0 aliphatic carbocycles. The van der Waals surface area contributed by atoms with Crippen LogP contribution in [-0.4, -0.2) is 27.8 Å². The molecule has 3 heterocycles. The highest BCUT2D eigenvalue weighted by atomic mass is 35.5. The molecule has 2 aromatic rings. The van der Waals surface area contributed by atoms with Crippen molar-refractivity contribution in [2.24, 2.45) is 5.41 Å². The van der Waals surface area contributed by atoms with E-state index in [0.717, 1.165) is 11.3 Å². The first-order valence-corrected chi connectivity index (χ1v) is 9.18. The molecule has 0 radical (unpaired) electrons. The number of halogens is 1. The smallest absolute Gasteiger partial charge is 0.319 e. The first-order valence-electron chi connectivity index (χ1n) is 7.00. The van der Waals surface area contributed by atoms with Crippen LogP contribution >= 0.6 is 34.7 Å². The summed E-state index contributed by atoms with van der Waals surface area (Å²) < 4.78 is 5.42. The predicted octanol–water partition coefficient (Wildman–Crippen LogP) is 2.71. The van der Waals surface area contributed by atoms with Crippen molar-refractivity contribution in [3.63, 3.8) is 0 Å². The molecule has 0 unspecified atom stereocenters. The third-order valence-corrected chi connectivity index (χ3v) is 6.87.